The van der Waals surface area contributed by atoms with Crippen molar-refractivity contribution in [1.82, 2.24) is 4.90 Å². The summed E-state index contributed by atoms with van der Waals surface area (Å²) in [5, 5.41) is 11.8. The maximum absolute atomic E-state index is 11.9. The van der Waals surface area contributed by atoms with Crippen molar-refractivity contribution in [2.24, 2.45) is 0 Å². The number of hydrogen-bond acceptors (Lipinski definition) is 3. The molecular formula is C13H20N2O2S. The zero-order valence-corrected chi connectivity index (χ0v) is 11.7. The molecule has 0 aromatic heterocycles. The molecule has 1 aromatic carbocycles. The van der Waals surface area contributed by atoms with Crippen molar-refractivity contribution in [3.05, 3.63) is 24.3 Å². The molecule has 0 heterocycles. The van der Waals surface area contributed by atoms with E-state index in [1.54, 1.807) is 16.7 Å². The molecule has 0 aliphatic carbocycles. The smallest absolute Gasteiger partial charge is 0.321 e. The molecule has 0 saturated carbocycles. The van der Waals surface area contributed by atoms with Crippen LogP contribution in [0.5, 0.6) is 0 Å². The number of rotatable bonds is 6. The van der Waals surface area contributed by atoms with Crippen LogP contribution in [0.1, 0.15) is 13.3 Å². The van der Waals surface area contributed by atoms with Crippen molar-refractivity contribution < 1.29 is 9.90 Å². The van der Waals surface area contributed by atoms with Crippen LogP contribution in [-0.4, -0.2) is 42.0 Å². The molecule has 5 heteroatoms. The number of anilines is 1. The van der Waals surface area contributed by atoms with Gasteiger partial charge in [-0.2, -0.15) is 0 Å². The van der Waals surface area contributed by atoms with Gasteiger partial charge in [0, 0.05) is 23.7 Å². The molecule has 2 amide bonds. The normalized spacial score (nSPS) is 10.2. The summed E-state index contributed by atoms with van der Waals surface area (Å²) in [4.78, 5) is 14.7. The second-order valence-corrected chi connectivity index (χ2v) is 4.75. The number of aliphatic hydroxyl groups is 1. The van der Waals surface area contributed by atoms with Crippen LogP contribution in [0.25, 0.3) is 0 Å². The third-order valence-electron chi connectivity index (χ3n) is 2.49. The van der Waals surface area contributed by atoms with Gasteiger partial charge in [0.25, 0.3) is 0 Å². The number of benzene rings is 1. The zero-order valence-electron chi connectivity index (χ0n) is 10.8. The van der Waals surface area contributed by atoms with E-state index in [0.29, 0.717) is 13.1 Å². The average Bonchev–Trinajstić information content (AvgIpc) is 2.39. The van der Waals surface area contributed by atoms with Gasteiger partial charge in [-0.1, -0.05) is 6.92 Å². The third-order valence-corrected chi connectivity index (χ3v) is 3.24. The lowest BCUT2D eigenvalue weighted by atomic mass is 10.3. The summed E-state index contributed by atoms with van der Waals surface area (Å²) in [7, 11) is 0. The summed E-state index contributed by atoms with van der Waals surface area (Å²) in [6.45, 7) is 3.00. The first-order chi connectivity index (χ1) is 8.71. The van der Waals surface area contributed by atoms with Crippen LogP contribution in [0.4, 0.5) is 10.5 Å². The highest BCUT2D eigenvalue weighted by Crippen LogP contribution is 2.17. The van der Waals surface area contributed by atoms with Gasteiger partial charge in [-0.15, -0.1) is 11.8 Å². The van der Waals surface area contributed by atoms with E-state index in [4.69, 9.17) is 5.11 Å². The molecule has 18 heavy (non-hydrogen) atoms. The summed E-state index contributed by atoms with van der Waals surface area (Å²) >= 11 is 1.66. The quantitative estimate of drug-likeness (QED) is 0.780. The maximum Gasteiger partial charge on any atom is 0.321 e. The largest absolute Gasteiger partial charge is 0.395 e. The Morgan fingerprint density at radius 2 is 2.00 bits per heavy atom. The highest BCUT2D eigenvalue weighted by Gasteiger charge is 2.11. The Morgan fingerprint density at radius 1 is 1.33 bits per heavy atom. The molecule has 100 valence electrons. The fourth-order valence-corrected chi connectivity index (χ4v) is 1.99. The molecule has 0 unspecified atom stereocenters. The van der Waals surface area contributed by atoms with Gasteiger partial charge in [-0.25, -0.2) is 4.79 Å². The number of carbonyl (C=O) groups excluding carboxylic acids is 1. The topological polar surface area (TPSA) is 52.6 Å². The minimum absolute atomic E-state index is 0.0150. The molecule has 0 spiro atoms. The van der Waals surface area contributed by atoms with E-state index in [1.807, 2.05) is 37.4 Å². The predicted octanol–water partition coefficient (Wildman–Crippen LogP) is 2.64. The molecule has 0 fully saturated rings. The van der Waals surface area contributed by atoms with E-state index in [-0.39, 0.29) is 12.6 Å². The molecule has 1 aromatic rings. The zero-order chi connectivity index (χ0) is 13.4. The maximum atomic E-state index is 11.9. The minimum atomic E-state index is -0.164. The lowest BCUT2D eigenvalue weighted by Gasteiger charge is -2.21. The number of hydrogen-bond donors (Lipinski definition) is 2. The fraction of sp³-hybridized carbons (Fsp3) is 0.462. The lowest BCUT2D eigenvalue weighted by molar-refractivity contribution is 0.188. The van der Waals surface area contributed by atoms with Crippen LogP contribution < -0.4 is 5.32 Å². The molecular weight excluding hydrogens is 248 g/mol. The van der Waals surface area contributed by atoms with Gasteiger partial charge in [0.15, 0.2) is 0 Å². The predicted molar refractivity (Wildman–Crippen MR) is 76.2 cm³/mol. The first kappa shape index (κ1) is 14.9. The van der Waals surface area contributed by atoms with E-state index >= 15 is 0 Å². The average molecular weight is 268 g/mol. The van der Waals surface area contributed by atoms with Gasteiger partial charge < -0.3 is 15.3 Å². The van der Waals surface area contributed by atoms with Gasteiger partial charge in [-0.3, -0.25) is 0 Å². The number of nitrogens with zero attached hydrogens (tertiary/aromatic N) is 1. The van der Waals surface area contributed by atoms with E-state index < -0.39 is 0 Å². The van der Waals surface area contributed by atoms with Crippen LogP contribution in [-0.2, 0) is 0 Å². The summed E-state index contributed by atoms with van der Waals surface area (Å²) in [5.41, 5.74) is 0.775. The molecule has 0 saturated heterocycles. The van der Waals surface area contributed by atoms with E-state index in [1.165, 1.54) is 0 Å². The molecule has 2 N–H and O–H groups in total. The van der Waals surface area contributed by atoms with Crippen molar-refractivity contribution in [3.63, 3.8) is 0 Å². The first-order valence-electron chi connectivity index (χ1n) is 6.02. The van der Waals surface area contributed by atoms with E-state index in [9.17, 15) is 4.79 Å². The van der Waals surface area contributed by atoms with Crippen LogP contribution in [0.2, 0.25) is 0 Å². The highest BCUT2D eigenvalue weighted by atomic mass is 32.2. The Morgan fingerprint density at radius 3 is 2.50 bits per heavy atom. The van der Waals surface area contributed by atoms with Crippen LogP contribution in [0, 0.1) is 0 Å². The van der Waals surface area contributed by atoms with Crippen molar-refractivity contribution in [2.75, 3.05) is 31.3 Å². The van der Waals surface area contributed by atoms with Gasteiger partial charge in [-0.05, 0) is 36.9 Å². The van der Waals surface area contributed by atoms with E-state index in [2.05, 4.69) is 5.32 Å². The Hall–Kier alpha value is -1.20. The lowest BCUT2D eigenvalue weighted by Crippen LogP contribution is -2.37. The summed E-state index contributed by atoms with van der Waals surface area (Å²) < 4.78 is 0. The van der Waals surface area contributed by atoms with Gasteiger partial charge in [0.05, 0.1) is 6.61 Å². The molecule has 4 nitrogen and oxygen atoms in total. The molecule has 0 bridgehead atoms. The standard InChI is InChI=1S/C13H20N2O2S/c1-3-8-15(9-10-16)13(17)14-11-4-6-12(18-2)7-5-11/h4-7,16H,3,8-10H2,1-2H3,(H,14,17). The first-order valence-corrected chi connectivity index (χ1v) is 7.24. The molecule has 0 atom stereocenters. The molecule has 0 aliphatic heterocycles. The second kappa shape index (κ2) is 8.00. The van der Waals surface area contributed by atoms with Gasteiger partial charge in [0.2, 0.25) is 0 Å². The molecule has 0 aliphatic rings. The Kier molecular flexibility index (Phi) is 6.60. The number of amides is 2. The number of nitrogens with one attached hydrogen (secondary N) is 1. The molecule has 1 rings (SSSR count). The Labute approximate surface area is 112 Å². The Balaban J connectivity index is 2.60. The third kappa shape index (κ3) is 4.58. The fourth-order valence-electron chi connectivity index (χ4n) is 1.58. The van der Waals surface area contributed by atoms with Crippen molar-refractivity contribution in [3.8, 4) is 0 Å². The minimum Gasteiger partial charge on any atom is -0.395 e. The summed E-state index contributed by atoms with van der Waals surface area (Å²) in [5.74, 6) is 0. The monoisotopic (exact) mass is 268 g/mol. The van der Waals surface area contributed by atoms with Gasteiger partial charge >= 0.3 is 6.03 Å². The van der Waals surface area contributed by atoms with Gasteiger partial charge in [0.1, 0.15) is 0 Å². The van der Waals surface area contributed by atoms with Crippen molar-refractivity contribution in [2.45, 2.75) is 18.2 Å². The number of aliphatic hydroxyl groups excluding tert-OH is 1. The molecule has 0 radical (unpaired) electrons. The van der Waals surface area contributed by atoms with Crippen LogP contribution >= 0.6 is 11.8 Å². The number of carbonyl (C=O) groups is 1. The summed E-state index contributed by atoms with van der Waals surface area (Å²) in [6, 6.07) is 7.54. The Bertz CT molecular complexity index is 362. The van der Waals surface area contributed by atoms with Crippen LogP contribution in [0.3, 0.4) is 0 Å². The van der Waals surface area contributed by atoms with Crippen molar-refractivity contribution in [1.29, 1.82) is 0 Å². The number of thioether (sulfide) groups is 1. The SMILES string of the molecule is CCCN(CCO)C(=O)Nc1ccc(SC)cc1. The number of urea groups is 1. The highest BCUT2D eigenvalue weighted by molar-refractivity contribution is 7.98. The van der Waals surface area contributed by atoms with Crippen LogP contribution in [0.15, 0.2) is 29.2 Å². The second-order valence-electron chi connectivity index (χ2n) is 3.87. The van der Waals surface area contributed by atoms with Crippen molar-refractivity contribution >= 4 is 23.5 Å². The van der Waals surface area contributed by atoms with E-state index in [0.717, 1.165) is 17.0 Å². The summed E-state index contributed by atoms with van der Waals surface area (Å²) in [6.07, 6.45) is 2.89.